The molecule has 2 rings (SSSR count). The molecule has 1 aliphatic rings. The molecule has 0 saturated carbocycles. The van der Waals surface area contributed by atoms with Gasteiger partial charge in [-0.2, -0.15) is 0 Å². The van der Waals surface area contributed by atoms with Crippen LogP contribution in [0.25, 0.3) is 0 Å². The SMILES string of the molecule is C=CCOCCc1ccc(OC[C@H]2CO2)cc1. The van der Waals surface area contributed by atoms with Crippen molar-refractivity contribution < 1.29 is 14.2 Å². The van der Waals surface area contributed by atoms with Crippen LogP contribution in [-0.2, 0) is 15.9 Å². The van der Waals surface area contributed by atoms with Crippen molar-refractivity contribution in [3.8, 4) is 5.75 Å². The number of hydrogen-bond acceptors (Lipinski definition) is 3. The average Bonchev–Trinajstić information content (AvgIpc) is 3.18. The van der Waals surface area contributed by atoms with Crippen LogP contribution in [0.5, 0.6) is 5.75 Å². The van der Waals surface area contributed by atoms with Crippen molar-refractivity contribution in [2.24, 2.45) is 0 Å². The normalized spacial score (nSPS) is 17.8. The van der Waals surface area contributed by atoms with E-state index in [2.05, 4.69) is 18.7 Å². The molecule has 0 unspecified atom stereocenters. The third kappa shape index (κ3) is 4.59. The molecule has 3 heteroatoms. The molecule has 17 heavy (non-hydrogen) atoms. The Bertz CT molecular complexity index is 341. The van der Waals surface area contributed by atoms with E-state index in [0.29, 0.717) is 19.3 Å². The molecule has 3 nitrogen and oxygen atoms in total. The van der Waals surface area contributed by atoms with Gasteiger partial charge in [-0.3, -0.25) is 0 Å². The first-order valence-electron chi connectivity index (χ1n) is 5.90. The van der Waals surface area contributed by atoms with Gasteiger partial charge in [0.25, 0.3) is 0 Å². The van der Waals surface area contributed by atoms with Gasteiger partial charge < -0.3 is 14.2 Å². The largest absolute Gasteiger partial charge is 0.491 e. The minimum atomic E-state index is 0.307. The summed E-state index contributed by atoms with van der Waals surface area (Å²) >= 11 is 0. The second-order valence-corrected chi connectivity index (χ2v) is 4.02. The molecule has 1 aliphatic heterocycles. The first kappa shape index (κ1) is 12.1. The average molecular weight is 234 g/mol. The Morgan fingerprint density at radius 3 is 2.76 bits per heavy atom. The van der Waals surface area contributed by atoms with Crippen molar-refractivity contribution >= 4 is 0 Å². The van der Waals surface area contributed by atoms with E-state index in [1.54, 1.807) is 6.08 Å². The summed E-state index contributed by atoms with van der Waals surface area (Å²) < 4.78 is 16.0. The highest BCUT2D eigenvalue weighted by Crippen LogP contribution is 2.16. The third-order valence-electron chi connectivity index (χ3n) is 2.53. The topological polar surface area (TPSA) is 31.0 Å². The molecule has 0 aliphatic carbocycles. The lowest BCUT2D eigenvalue weighted by atomic mass is 10.1. The zero-order chi connectivity index (χ0) is 11.9. The standard InChI is InChI=1S/C14H18O3/c1-2-8-15-9-7-12-3-5-13(6-4-12)16-10-14-11-17-14/h2-6,14H,1,7-11H2/t14-/m0/s1. The summed E-state index contributed by atoms with van der Waals surface area (Å²) in [5.41, 5.74) is 1.25. The van der Waals surface area contributed by atoms with E-state index in [0.717, 1.165) is 25.4 Å². The molecule has 1 saturated heterocycles. The first-order chi connectivity index (χ1) is 8.38. The Kier molecular flexibility index (Phi) is 4.59. The fourth-order valence-corrected chi connectivity index (χ4v) is 1.46. The van der Waals surface area contributed by atoms with E-state index in [-0.39, 0.29) is 0 Å². The molecule has 1 heterocycles. The molecular weight excluding hydrogens is 216 g/mol. The molecule has 0 bridgehead atoms. The van der Waals surface area contributed by atoms with E-state index in [1.165, 1.54) is 5.56 Å². The lowest BCUT2D eigenvalue weighted by molar-refractivity contribution is 0.166. The monoisotopic (exact) mass is 234 g/mol. The van der Waals surface area contributed by atoms with Gasteiger partial charge in [0.1, 0.15) is 18.5 Å². The molecule has 0 spiro atoms. The molecule has 0 amide bonds. The predicted octanol–water partition coefficient (Wildman–Crippen LogP) is 2.21. The van der Waals surface area contributed by atoms with Crippen molar-refractivity contribution in [1.29, 1.82) is 0 Å². The molecule has 0 N–H and O–H groups in total. The second-order valence-electron chi connectivity index (χ2n) is 4.02. The third-order valence-corrected chi connectivity index (χ3v) is 2.53. The molecule has 1 fully saturated rings. The Labute approximate surface area is 102 Å². The van der Waals surface area contributed by atoms with Gasteiger partial charge in [0.05, 0.1) is 19.8 Å². The Hall–Kier alpha value is -1.32. The van der Waals surface area contributed by atoms with Gasteiger partial charge in [0, 0.05) is 0 Å². The molecule has 1 aromatic carbocycles. The number of hydrogen-bond donors (Lipinski definition) is 0. The van der Waals surface area contributed by atoms with Crippen LogP contribution in [0.15, 0.2) is 36.9 Å². The van der Waals surface area contributed by atoms with Crippen LogP contribution in [0.3, 0.4) is 0 Å². The van der Waals surface area contributed by atoms with Gasteiger partial charge in [-0.25, -0.2) is 0 Å². The highest BCUT2D eigenvalue weighted by molar-refractivity contribution is 5.27. The highest BCUT2D eigenvalue weighted by Gasteiger charge is 2.22. The van der Waals surface area contributed by atoms with E-state index in [4.69, 9.17) is 14.2 Å². The van der Waals surface area contributed by atoms with Gasteiger partial charge in [0.15, 0.2) is 0 Å². The first-order valence-corrected chi connectivity index (χ1v) is 5.90. The predicted molar refractivity (Wildman–Crippen MR) is 66.4 cm³/mol. The van der Waals surface area contributed by atoms with Crippen LogP contribution >= 0.6 is 0 Å². The van der Waals surface area contributed by atoms with Gasteiger partial charge in [-0.15, -0.1) is 6.58 Å². The lowest BCUT2D eigenvalue weighted by Crippen LogP contribution is -2.04. The Morgan fingerprint density at radius 2 is 2.12 bits per heavy atom. The summed E-state index contributed by atoms with van der Waals surface area (Å²) in [4.78, 5) is 0. The van der Waals surface area contributed by atoms with E-state index in [1.807, 2.05) is 12.1 Å². The van der Waals surface area contributed by atoms with Crippen LogP contribution in [0.1, 0.15) is 5.56 Å². The van der Waals surface area contributed by atoms with Crippen molar-refractivity contribution in [3.63, 3.8) is 0 Å². The summed E-state index contributed by atoms with van der Waals surface area (Å²) in [7, 11) is 0. The molecule has 0 radical (unpaired) electrons. The Balaban J connectivity index is 1.70. The Morgan fingerprint density at radius 1 is 1.35 bits per heavy atom. The maximum absolute atomic E-state index is 5.56. The van der Waals surface area contributed by atoms with Crippen molar-refractivity contribution in [3.05, 3.63) is 42.5 Å². The summed E-state index contributed by atoms with van der Waals surface area (Å²) in [6.07, 6.45) is 2.98. The minimum Gasteiger partial charge on any atom is -0.491 e. The summed E-state index contributed by atoms with van der Waals surface area (Å²) in [6, 6.07) is 8.12. The van der Waals surface area contributed by atoms with Crippen molar-refractivity contribution in [1.82, 2.24) is 0 Å². The zero-order valence-corrected chi connectivity index (χ0v) is 9.93. The molecule has 92 valence electrons. The lowest BCUT2D eigenvalue weighted by Gasteiger charge is -2.06. The maximum Gasteiger partial charge on any atom is 0.119 e. The summed E-state index contributed by atoms with van der Waals surface area (Å²) in [5, 5.41) is 0. The maximum atomic E-state index is 5.56. The number of rotatable bonds is 8. The second kappa shape index (κ2) is 6.42. The zero-order valence-electron chi connectivity index (χ0n) is 9.93. The van der Waals surface area contributed by atoms with E-state index >= 15 is 0 Å². The van der Waals surface area contributed by atoms with E-state index in [9.17, 15) is 0 Å². The fraction of sp³-hybridized carbons (Fsp3) is 0.429. The molecular formula is C14H18O3. The van der Waals surface area contributed by atoms with Gasteiger partial charge in [0.2, 0.25) is 0 Å². The van der Waals surface area contributed by atoms with Gasteiger partial charge in [-0.05, 0) is 24.1 Å². The van der Waals surface area contributed by atoms with Gasteiger partial charge >= 0.3 is 0 Å². The molecule has 1 aromatic rings. The smallest absolute Gasteiger partial charge is 0.119 e. The fourth-order valence-electron chi connectivity index (χ4n) is 1.46. The summed E-state index contributed by atoms with van der Waals surface area (Å²) in [5.74, 6) is 0.899. The number of benzene rings is 1. The number of ether oxygens (including phenoxy) is 3. The van der Waals surface area contributed by atoms with Crippen LogP contribution in [-0.4, -0.2) is 32.5 Å². The van der Waals surface area contributed by atoms with Crippen molar-refractivity contribution in [2.45, 2.75) is 12.5 Å². The molecule has 1 atom stereocenters. The molecule has 0 aromatic heterocycles. The van der Waals surface area contributed by atoms with Crippen molar-refractivity contribution in [2.75, 3.05) is 26.4 Å². The van der Waals surface area contributed by atoms with E-state index < -0.39 is 0 Å². The van der Waals surface area contributed by atoms with Crippen LogP contribution in [0.2, 0.25) is 0 Å². The van der Waals surface area contributed by atoms with Crippen LogP contribution < -0.4 is 4.74 Å². The van der Waals surface area contributed by atoms with Crippen LogP contribution in [0.4, 0.5) is 0 Å². The summed E-state index contributed by atoms with van der Waals surface area (Å²) in [6.45, 7) is 6.43. The van der Waals surface area contributed by atoms with Gasteiger partial charge in [-0.1, -0.05) is 18.2 Å². The quantitative estimate of drug-likeness (QED) is 0.392. The minimum absolute atomic E-state index is 0.307. The number of epoxide rings is 1. The highest BCUT2D eigenvalue weighted by atomic mass is 16.6. The van der Waals surface area contributed by atoms with Crippen LogP contribution in [0, 0.1) is 0 Å².